The first kappa shape index (κ1) is 7.14. The predicted octanol–water partition coefficient (Wildman–Crippen LogP) is 0.630. The molecule has 0 spiro atoms. The van der Waals surface area contributed by atoms with Crippen molar-refractivity contribution in [2.45, 2.75) is 13.8 Å². The highest BCUT2D eigenvalue weighted by Gasteiger charge is 1.62. The van der Waals surface area contributed by atoms with E-state index in [0.717, 1.165) is 6.54 Å². The van der Waals surface area contributed by atoms with Crippen molar-refractivity contribution < 1.29 is 0 Å². The predicted molar refractivity (Wildman–Crippen MR) is 36.3 cm³/mol. The van der Waals surface area contributed by atoms with Crippen molar-refractivity contribution in [2.75, 3.05) is 6.54 Å². The maximum Gasteiger partial charge on any atom is 0.134 e. The summed E-state index contributed by atoms with van der Waals surface area (Å²) in [4.78, 5) is 3.73. The van der Waals surface area contributed by atoms with Crippen LogP contribution in [-0.2, 0) is 0 Å². The molecule has 3 nitrogen and oxygen atoms in total. The van der Waals surface area contributed by atoms with Crippen molar-refractivity contribution in [1.82, 2.24) is 5.43 Å². The minimum Gasteiger partial charge on any atom is -0.309 e. The van der Waals surface area contributed by atoms with E-state index in [9.17, 15) is 0 Å². The molecule has 0 aliphatic rings. The average Bonchev–Trinajstić information content (AvgIpc) is 1.81. The third-order valence-corrected chi connectivity index (χ3v) is 0.523. The second-order valence-electron chi connectivity index (χ2n) is 1.16. The molecular formula is C5H11N3. The van der Waals surface area contributed by atoms with E-state index in [0.29, 0.717) is 0 Å². The van der Waals surface area contributed by atoms with Crippen LogP contribution in [0.5, 0.6) is 0 Å². The fraction of sp³-hybridized carbons (Fsp3) is 0.600. The van der Waals surface area contributed by atoms with Gasteiger partial charge in [-0.15, -0.1) is 0 Å². The molecule has 0 amide bonds. The summed E-state index contributed by atoms with van der Waals surface area (Å²) in [7, 11) is 0. The average molecular weight is 113 g/mol. The van der Waals surface area contributed by atoms with Crippen molar-refractivity contribution in [3.63, 3.8) is 0 Å². The lowest BCUT2D eigenvalue weighted by atomic mass is 10.8. The number of nitrogens with zero attached hydrogens (tertiary/aromatic N) is 2. The molecule has 0 fully saturated rings. The standard InChI is InChI=1S/C5H11N3/c1-3-6-5-8-7-4-2/h3,5,7H,4H2,1-2H3/b6-3-,8-5-. The molecule has 1 N–H and O–H groups in total. The van der Waals surface area contributed by atoms with E-state index in [2.05, 4.69) is 15.5 Å². The Labute approximate surface area is 49.5 Å². The summed E-state index contributed by atoms with van der Waals surface area (Å²) in [5.74, 6) is 0. The number of hydrogen-bond donors (Lipinski definition) is 1. The van der Waals surface area contributed by atoms with Gasteiger partial charge in [-0.2, -0.15) is 5.10 Å². The molecule has 0 bridgehead atoms. The number of hydrazone groups is 1. The summed E-state index contributed by atoms with van der Waals surface area (Å²) in [6, 6.07) is 0. The lowest BCUT2D eigenvalue weighted by Gasteiger charge is -1.85. The van der Waals surface area contributed by atoms with Gasteiger partial charge in [-0.25, -0.2) is 4.99 Å². The Bertz CT molecular complexity index is 85.7. The van der Waals surface area contributed by atoms with Gasteiger partial charge in [0, 0.05) is 12.8 Å². The Hall–Kier alpha value is -0.860. The summed E-state index contributed by atoms with van der Waals surface area (Å²) in [6.45, 7) is 4.67. The molecule has 3 heteroatoms. The Balaban J connectivity index is 3.07. The normalized spacial score (nSPS) is 11.2. The van der Waals surface area contributed by atoms with Crippen LogP contribution in [0, 0.1) is 0 Å². The first-order chi connectivity index (χ1) is 3.91. The van der Waals surface area contributed by atoms with E-state index >= 15 is 0 Å². The fourth-order valence-corrected chi connectivity index (χ4v) is 0.232. The van der Waals surface area contributed by atoms with Gasteiger partial charge in [0.05, 0.1) is 0 Å². The first-order valence-electron chi connectivity index (χ1n) is 2.64. The van der Waals surface area contributed by atoms with E-state index in [4.69, 9.17) is 0 Å². The van der Waals surface area contributed by atoms with Crippen LogP contribution in [0.25, 0.3) is 0 Å². The van der Waals surface area contributed by atoms with Crippen LogP contribution in [0.15, 0.2) is 10.1 Å². The third kappa shape index (κ3) is 5.14. The lowest BCUT2D eigenvalue weighted by Crippen LogP contribution is -2.01. The molecule has 0 saturated heterocycles. The Morgan fingerprint density at radius 2 is 2.38 bits per heavy atom. The molecule has 0 radical (unpaired) electrons. The molecule has 46 valence electrons. The fourth-order valence-electron chi connectivity index (χ4n) is 0.232. The zero-order valence-corrected chi connectivity index (χ0v) is 5.26. The number of nitrogens with one attached hydrogen (secondary N) is 1. The maximum atomic E-state index is 3.73. The Kier molecular flexibility index (Phi) is 5.48. The van der Waals surface area contributed by atoms with Crippen LogP contribution in [0.1, 0.15) is 13.8 Å². The third-order valence-electron chi connectivity index (χ3n) is 0.523. The number of hydrogen-bond acceptors (Lipinski definition) is 2. The van der Waals surface area contributed by atoms with Gasteiger partial charge < -0.3 is 5.43 Å². The minimum atomic E-state index is 0.843. The highest BCUT2D eigenvalue weighted by molar-refractivity contribution is 5.70. The molecule has 0 aromatic rings. The smallest absolute Gasteiger partial charge is 0.134 e. The van der Waals surface area contributed by atoms with Crippen molar-refractivity contribution in [2.24, 2.45) is 10.1 Å². The van der Waals surface area contributed by atoms with Gasteiger partial charge in [0.15, 0.2) is 0 Å². The largest absolute Gasteiger partial charge is 0.309 e. The van der Waals surface area contributed by atoms with E-state index < -0.39 is 0 Å². The molecule has 0 aliphatic heterocycles. The van der Waals surface area contributed by atoms with E-state index in [1.807, 2.05) is 13.8 Å². The van der Waals surface area contributed by atoms with Crippen LogP contribution in [-0.4, -0.2) is 19.1 Å². The zero-order valence-electron chi connectivity index (χ0n) is 5.26. The van der Waals surface area contributed by atoms with E-state index in [1.54, 1.807) is 6.21 Å². The molecule has 0 aliphatic carbocycles. The van der Waals surface area contributed by atoms with Crippen LogP contribution in [0.3, 0.4) is 0 Å². The van der Waals surface area contributed by atoms with Gasteiger partial charge in [-0.05, 0) is 13.8 Å². The molecule has 8 heavy (non-hydrogen) atoms. The van der Waals surface area contributed by atoms with Crippen LogP contribution in [0.2, 0.25) is 0 Å². The minimum absolute atomic E-state index is 0.843. The molecular weight excluding hydrogens is 102 g/mol. The van der Waals surface area contributed by atoms with Crippen LogP contribution in [0.4, 0.5) is 0 Å². The molecule has 0 aromatic carbocycles. The van der Waals surface area contributed by atoms with Gasteiger partial charge >= 0.3 is 0 Å². The summed E-state index contributed by atoms with van der Waals surface area (Å²) >= 11 is 0. The van der Waals surface area contributed by atoms with E-state index in [1.165, 1.54) is 6.34 Å². The Morgan fingerprint density at radius 1 is 1.62 bits per heavy atom. The summed E-state index contributed by atoms with van der Waals surface area (Å²) in [5.41, 5.74) is 2.74. The molecule has 0 atom stereocenters. The van der Waals surface area contributed by atoms with Crippen molar-refractivity contribution >= 4 is 12.6 Å². The molecule has 0 aromatic heterocycles. The van der Waals surface area contributed by atoms with Crippen molar-refractivity contribution in [3.8, 4) is 0 Å². The topological polar surface area (TPSA) is 36.8 Å². The maximum absolute atomic E-state index is 3.73. The monoisotopic (exact) mass is 113 g/mol. The highest BCUT2D eigenvalue weighted by Crippen LogP contribution is 1.57. The molecule has 0 saturated carbocycles. The second kappa shape index (κ2) is 6.14. The molecule has 0 unspecified atom stereocenters. The van der Waals surface area contributed by atoms with Gasteiger partial charge in [0.2, 0.25) is 0 Å². The van der Waals surface area contributed by atoms with Gasteiger partial charge in [-0.3, -0.25) is 0 Å². The zero-order chi connectivity index (χ0) is 6.24. The summed E-state index contributed by atoms with van der Waals surface area (Å²) in [6.07, 6.45) is 3.16. The summed E-state index contributed by atoms with van der Waals surface area (Å²) < 4.78 is 0. The van der Waals surface area contributed by atoms with Crippen LogP contribution >= 0.6 is 0 Å². The molecule has 0 heterocycles. The Morgan fingerprint density at radius 3 is 2.88 bits per heavy atom. The first-order valence-corrected chi connectivity index (χ1v) is 2.64. The highest BCUT2D eigenvalue weighted by atomic mass is 15.3. The second-order valence-corrected chi connectivity index (χ2v) is 1.16. The van der Waals surface area contributed by atoms with E-state index in [-0.39, 0.29) is 0 Å². The number of aliphatic imine (C=N–C) groups is 1. The van der Waals surface area contributed by atoms with Crippen molar-refractivity contribution in [3.05, 3.63) is 0 Å². The van der Waals surface area contributed by atoms with Crippen molar-refractivity contribution in [1.29, 1.82) is 0 Å². The lowest BCUT2D eigenvalue weighted by molar-refractivity contribution is 0.786. The number of rotatable bonds is 3. The van der Waals surface area contributed by atoms with Crippen LogP contribution < -0.4 is 5.43 Å². The molecule has 0 rings (SSSR count). The summed E-state index contributed by atoms with van der Waals surface area (Å²) in [5, 5.41) is 3.71. The quantitative estimate of drug-likeness (QED) is 0.325. The van der Waals surface area contributed by atoms with Gasteiger partial charge in [0.1, 0.15) is 6.34 Å². The van der Waals surface area contributed by atoms with Gasteiger partial charge in [-0.1, -0.05) is 0 Å². The SMILES string of the molecule is C/C=N\C=N/NCC. The van der Waals surface area contributed by atoms with Gasteiger partial charge in [0.25, 0.3) is 0 Å².